The van der Waals surface area contributed by atoms with Gasteiger partial charge in [0.2, 0.25) is 5.88 Å². The largest absolute Gasteiger partial charge is 0.478 e. The molecule has 0 aliphatic rings. The maximum atomic E-state index is 14.3. The Morgan fingerprint density at radius 2 is 1.89 bits per heavy atom. The number of nitrogens with zero attached hydrogens (tertiary/aromatic N) is 2. The number of primary amides is 1. The van der Waals surface area contributed by atoms with Gasteiger partial charge >= 0.3 is 6.18 Å². The number of alkyl halides is 3. The Morgan fingerprint density at radius 1 is 1.18 bits per heavy atom. The van der Waals surface area contributed by atoms with Crippen molar-refractivity contribution in [2.75, 3.05) is 25.1 Å². The van der Waals surface area contributed by atoms with Crippen LogP contribution in [-0.2, 0) is 6.18 Å². The molecule has 1 amide bonds. The first-order valence-corrected chi connectivity index (χ1v) is 8.26. The molecule has 28 heavy (non-hydrogen) atoms. The highest BCUT2D eigenvalue weighted by Crippen LogP contribution is 2.29. The number of benzene rings is 1. The highest BCUT2D eigenvalue weighted by molar-refractivity contribution is 5.94. The molecule has 0 saturated carbocycles. The van der Waals surface area contributed by atoms with Crippen molar-refractivity contribution >= 4 is 11.6 Å². The normalized spacial score (nSPS) is 11.4. The molecule has 152 valence electrons. The van der Waals surface area contributed by atoms with E-state index in [4.69, 9.17) is 10.5 Å². The maximum Gasteiger partial charge on any atom is 0.417 e. The molecule has 2 N–H and O–H groups in total. The van der Waals surface area contributed by atoms with Crippen LogP contribution >= 0.6 is 0 Å². The van der Waals surface area contributed by atoms with Crippen molar-refractivity contribution in [1.82, 2.24) is 4.98 Å². The van der Waals surface area contributed by atoms with Gasteiger partial charge in [0.1, 0.15) is 11.4 Å². The van der Waals surface area contributed by atoms with Crippen LogP contribution in [0.3, 0.4) is 0 Å². The van der Waals surface area contributed by atoms with Crippen LogP contribution in [0.5, 0.6) is 5.88 Å². The van der Waals surface area contributed by atoms with Gasteiger partial charge in [-0.1, -0.05) is 0 Å². The lowest BCUT2D eigenvalue weighted by atomic mass is 10.1. The van der Waals surface area contributed by atoms with Crippen LogP contribution < -0.4 is 15.4 Å². The SMILES string of the molecule is CN(CCCCOc1ccc(C(F)(F)F)cn1)c1ccc(F)c(C(N)=O)c1F. The number of anilines is 1. The fraction of sp³-hybridized carbons (Fsp3) is 0.333. The number of hydrogen-bond donors (Lipinski definition) is 1. The van der Waals surface area contributed by atoms with E-state index in [9.17, 15) is 26.7 Å². The molecule has 0 bridgehead atoms. The van der Waals surface area contributed by atoms with E-state index < -0.39 is 34.8 Å². The molecule has 0 aliphatic carbocycles. The fourth-order valence-electron chi connectivity index (χ4n) is 2.44. The third-order valence-corrected chi connectivity index (χ3v) is 3.93. The molecule has 0 atom stereocenters. The van der Waals surface area contributed by atoms with Gasteiger partial charge in [0.05, 0.1) is 17.9 Å². The van der Waals surface area contributed by atoms with E-state index in [0.29, 0.717) is 25.6 Å². The second kappa shape index (κ2) is 8.85. The Bertz CT molecular complexity index is 825. The van der Waals surface area contributed by atoms with Gasteiger partial charge in [0, 0.05) is 25.9 Å². The summed E-state index contributed by atoms with van der Waals surface area (Å²) in [6.45, 7) is 0.565. The van der Waals surface area contributed by atoms with E-state index >= 15 is 0 Å². The molecule has 1 heterocycles. The van der Waals surface area contributed by atoms with E-state index in [0.717, 1.165) is 18.2 Å². The zero-order valence-corrected chi connectivity index (χ0v) is 14.9. The molecule has 0 spiro atoms. The van der Waals surface area contributed by atoms with Gasteiger partial charge in [-0.25, -0.2) is 13.8 Å². The van der Waals surface area contributed by atoms with Crippen molar-refractivity contribution in [3.8, 4) is 5.88 Å². The third kappa shape index (κ3) is 5.30. The van der Waals surface area contributed by atoms with Gasteiger partial charge in [0.25, 0.3) is 5.91 Å². The van der Waals surface area contributed by atoms with E-state index in [-0.39, 0.29) is 18.2 Å². The lowest BCUT2D eigenvalue weighted by molar-refractivity contribution is -0.137. The minimum absolute atomic E-state index is 0.0283. The number of rotatable bonds is 8. The van der Waals surface area contributed by atoms with Crippen molar-refractivity contribution in [1.29, 1.82) is 0 Å². The van der Waals surface area contributed by atoms with Gasteiger partial charge < -0.3 is 15.4 Å². The highest BCUT2D eigenvalue weighted by atomic mass is 19.4. The van der Waals surface area contributed by atoms with Gasteiger partial charge in [-0.15, -0.1) is 0 Å². The first kappa shape index (κ1) is 21.4. The van der Waals surface area contributed by atoms with Crippen LogP contribution in [0, 0.1) is 11.6 Å². The number of aromatic nitrogens is 1. The van der Waals surface area contributed by atoms with E-state index in [1.807, 2.05) is 0 Å². The smallest absolute Gasteiger partial charge is 0.417 e. The molecular weight excluding hydrogens is 385 g/mol. The predicted octanol–water partition coefficient (Wildman–Crippen LogP) is 3.77. The topological polar surface area (TPSA) is 68.4 Å². The van der Waals surface area contributed by atoms with E-state index in [1.165, 1.54) is 11.0 Å². The first-order valence-electron chi connectivity index (χ1n) is 8.26. The van der Waals surface area contributed by atoms with E-state index in [1.54, 1.807) is 7.05 Å². The monoisotopic (exact) mass is 403 g/mol. The Hall–Kier alpha value is -2.91. The quantitative estimate of drug-likeness (QED) is 0.538. The summed E-state index contributed by atoms with van der Waals surface area (Å²) in [7, 11) is 1.57. The van der Waals surface area contributed by atoms with Crippen molar-refractivity contribution in [3.63, 3.8) is 0 Å². The van der Waals surface area contributed by atoms with Gasteiger partial charge in [-0.2, -0.15) is 13.2 Å². The molecule has 1 aromatic carbocycles. The molecule has 5 nitrogen and oxygen atoms in total. The number of nitrogens with two attached hydrogens (primary N) is 1. The number of carbonyl (C=O) groups excluding carboxylic acids is 1. The summed E-state index contributed by atoms with van der Waals surface area (Å²) in [5.74, 6) is -3.18. The lowest BCUT2D eigenvalue weighted by Gasteiger charge is -2.21. The Kier molecular flexibility index (Phi) is 6.76. The number of pyridine rings is 1. The molecule has 0 fully saturated rings. The molecule has 2 rings (SSSR count). The van der Waals surface area contributed by atoms with Crippen molar-refractivity contribution in [3.05, 3.63) is 53.2 Å². The summed E-state index contributed by atoms with van der Waals surface area (Å²) in [5, 5.41) is 0. The predicted molar refractivity (Wildman–Crippen MR) is 92.1 cm³/mol. The van der Waals surface area contributed by atoms with Crippen LogP contribution in [0.25, 0.3) is 0 Å². The van der Waals surface area contributed by atoms with Crippen molar-refractivity contribution < 1.29 is 31.5 Å². The van der Waals surface area contributed by atoms with E-state index in [2.05, 4.69) is 4.98 Å². The van der Waals surface area contributed by atoms with Gasteiger partial charge in [-0.05, 0) is 31.0 Å². The van der Waals surface area contributed by atoms with Crippen molar-refractivity contribution in [2.45, 2.75) is 19.0 Å². The summed E-state index contributed by atoms with van der Waals surface area (Å²) in [6, 6.07) is 4.19. The Labute approximate surface area is 157 Å². The Morgan fingerprint density at radius 3 is 2.46 bits per heavy atom. The zero-order valence-electron chi connectivity index (χ0n) is 14.9. The molecule has 1 aromatic heterocycles. The number of halogens is 5. The summed E-state index contributed by atoms with van der Waals surface area (Å²) < 4.78 is 70.4. The van der Waals surface area contributed by atoms with Crippen LogP contribution in [-0.4, -0.2) is 31.1 Å². The molecule has 0 saturated heterocycles. The standard InChI is InChI=1S/C18H18F5N3O2/c1-26(13-6-5-12(19)15(16(13)20)17(24)27)8-2-3-9-28-14-7-4-11(10-25-14)18(21,22)23/h4-7,10H,2-3,8-9H2,1H3,(H2,24,27). The first-order chi connectivity index (χ1) is 13.1. The van der Waals surface area contributed by atoms with Crippen LogP contribution in [0.4, 0.5) is 27.6 Å². The average molecular weight is 403 g/mol. The maximum absolute atomic E-state index is 14.3. The molecule has 0 aliphatic heterocycles. The van der Waals surface area contributed by atoms with Crippen molar-refractivity contribution in [2.24, 2.45) is 5.73 Å². The number of carbonyl (C=O) groups is 1. The van der Waals surface area contributed by atoms with Crippen LogP contribution in [0.15, 0.2) is 30.5 Å². The highest BCUT2D eigenvalue weighted by Gasteiger charge is 2.30. The second-order valence-corrected chi connectivity index (χ2v) is 5.98. The van der Waals surface area contributed by atoms with Crippen LogP contribution in [0.2, 0.25) is 0 Å². The molecule has 2 aromatic rings. The Balaban J connectivity index is 1.82. The average Bonchev–Trinajstić information content (AvgIpc) is 2.60. The zero-order chi connectivity index (χ0) is 20.9. The fourth-order valence-corrected chi connectivity index (χ4v) is 2.44. The molecule has 10 heteroatoms. The summed E-state index contributed by atoms with van der Waals surface area (Å²) >= 11 is 0. The minimum atomic E-state index is -4.46. The number of amides is 1. The summed E-state index contributed by atoms with van der Waals surface area (Å²) in [6.07, 6.45) is -2.71. The van der Waals surface area contributed by atoms with Gasteiger partial charge in [-0.3, -0.25) is 4.79 Å². The number of hydrogen-bond acceptors (Lipinski definition) is 4. The second-order valence-electron chi connectivity index (χ2n) is 5.98. The molecule has 0 unspecified atom stereocenters. The molecular formula is C18H18F5N3O2. The summed E-state index contributed by atoms with van der Waals surface area (Å²) in [4.78, 5) is 16.3. The number of unbranched alkanes of at least 4 members (excludes halogenated alkanes) is 1. The molecule has 0 radical (unpaired) electrons. The number of ether oxygens (including phenoxy) is 1. The lowest BCUT2D eigenvalue weighted by Crippen LogP contribution is -2.23. The van der Waals surface area contributed by atoms with Crippen LogP contribution in [0.1, 0.15) is 28.8 Å². The van der Waals surface area contributed by atoms with Gasteiger partial charge in [0.15, 0.2) is 5.82 Å². The minimum Gasteiger partial charge on any atom is -0.478 e. The summed E-state index contributed by atoms with van der Waals surface area (Å²) in [5.41, 5.74) is 3.36. The third-order valence-electron chi connectivity index (χ3n) is 3.93.